The molecular formula is C11H17N5. The maximum absolute atomic E-state index is 5.95. The van der Waals surface area contributed by atoms with Crippen LogP contribution < -0.4 is 5.73 Å². The Morgan fingerprint density at radius 1 is 1.44 bits per heavy atom. The summed E-state index contributed by atoms with van der Waals surface area (Å²) < 4.78 is 3.86. The Hall–Kier alpha value is -1.62. The lowest BCUT2D eigenvalue weighted by Gasteiger charge is -2.11. The standard InChI is InChI=1S/C11H17N5/c1-3-10(12)7-16-8-13-5-11(16)9-4-14-15(2)6-9/h4-6,8,10H,3,7,12H2,1-2H3. The molecule has 5 heteroatoms. The number of aromatic nitrogens is 4. The molecule has 0 fully saturated rings. The minimum Gasteiger partial charge on any atom is -0.329 e. The highest BCUT2D eigenvalue weighted by Gasteiger charge is 2.09. The minimum atomic E-state index is 0.171. The number of nitrogens with two attached hydrogens (primary N) is 1. The quantitative estimate of drug-likeness (QED) is 0.835. The SMILES string of the molecule is CCC(N)Cn1cncc1-c1cnn(C)c1. The van der Waals surface area contributed by atoms with Crippen LogP contribution in [0.1, 0.15) is 13.3 Å². The van der Waals surface area contributed by atoms with Crippen LogP contribution in [0, 0.1) is 0 Å². The lowest BCUT2D eigenvalue weighted by Crippen LogP contribution is -2.25. The van der Waals surface area contributed by atoms with Crippen molar-refractivity contribution in [3.05, 3.63) is 24.9 Å². The number of hydrogen-bond donors (Lipinski definition) is 1. The summed E-state index contributed by atoms with van der Waals surface area (Å²) in [6.07, 6.45) is 8.44. The van der Waals surface area contributed by atoms with E-state index in [2.05, 4.69) is 21.6 Å². The molecule has 1 atom stereocenters. The topological polar surface area (TPSA) is 61.7 Å². The zero-order valence-electron chi connectivity index (χ0n) is 9.67. The van der Waals surface area contributed by atoms with Crippen LogP contribution >= 0.6 is 0 Å². The van der Waals surface area contributed by atoms with Crippen molar-refractivity contribution in [3.8, 4) is 11.3 Å². The Morgan fingerprint density at radius 2 is 2.25 bits per heavy atom. The van der Waals surface area contributed by atoms with Gasteiger partial charge in [0.15, 0.2) is 0 Å². The van der Waals surface area contributed by atoms with Gasteiger partial charge >= 0.3 is 0 Å². The molecule has 2 heterocycles. The van der Waals surface area contributed by atoms with Crippen molar-refractivity contribution in [2.75, 3.05) is 0 Å². The van der Waals surface area contributed by atoms with E-state index in [0.717, 1.165) is 24.2 Å². The average Bonchev–Trinajstić information content (AvgIpc) is 2.86. The number of rotatable bonds is 4. The summed E-state index contributed by atoms with van der Waals surface area (Å²) in [6.45, 7) is 2.88. The summed E-state index contributed by atoms with van der Waals surface area (Å²) >= 11 is 0. The van der Waals surface area contributed by atoms with E-state index < -0.39 is 0 Å². The number of nitrogens with zero attached hydrogens (tertiary/aromatic N) is 4. The molecule has 0 saturated carbocycles. The van der Waals surface area contributed by atoms with E-state index in [-0.39, 0.29) is 6.04 Å². The van der Waals surface area contributed by atoms with E-state index in [0.29, 0.717) is 0 Å². The van der Waals surface area contributed by atoms with Crippen LogP contribution in [0.25, 0.3) is 11.3 Å². The average molecular weight is 219 g/mol. The fourth-order valence-corrected chi connectivity index (χ4v) is 1.64. The van der Waals surface area contributed by atoms with E-state index >= 15 is 0 Å². The van der Waals surface area contributed by atoms with Crippen molar-refractivity contribution in [1.82, 2.24) is 19.3 Å². The highest BCUT2D eigenvalue weighted by molar-refractivity contribution is 5.56. The molecule has 5 nitrogen and oxygen atoms in total. The minimum absolute atomic E-state index is 0.171. The summed E-state index contributed by atoms with van der Waals surface area (Å²) in [5.74, 6) is 0. The Kier molecular flexibility index (Phi) is 3.05. The molecule has 2 aromatic heterocycles. The van der Waals surface area contributed by atoms with Crippen molar-refractivity contribution >= 4 is 0 Å². The van der Waals surface area contributed by atoms with Gasteiger partial charge in [-0.1, -0.05) is 6.92 Å². The molecule has 0 spiro atoms. The summed E-state index contributed by atoms with van der Waals surface area (Å²) in [5, 5.41) is 4.16. The molecule has 0 saturated heterocycles. The first-order valence-corrected chi connectivity index (χ1v) is 5.45. The first-order chi connectivity index (χ1) is 7.70. The van der Waals surface area contributed by atoms with Crippen molar-refractivity contribution < 1.29 is 0 Å². The zero-order chi connectivity index (χ0) is 11.5. The lowest BCUT2D eigenvalue weighted by molar-refractivity contribution is 0.542. The molecular weight excluding hydrogens is 202 g/mol. The van der Waals surface area contributed by atoms with Crippen LogP contribution in [0.4, 0.5) is 0 Å². The van der Waals surface area contributed by atoms with E-state index in [9.17, 15) is 0 Å². The fourth-order valence-electron chi connectivity index (χ4n) is 1.64. The van der Waals surface area contributed by atoms with Crippen LogP contribution in [0.5, 0.6) is 0 Å². The molecule has 86 valence electrons. The lowest BCUT2D eigenvalue weighted by atomic mass is 10.2. The molecule has 0 aliphatic carbocycles. The van der Waals surface area contributed by atoms with Crippen molar-refractivity contribution in [3.63, 3.8) is 0 Å². The third-order valence-corrected chi connectivity index (χ3v) is 2.67. The molecule has 2 N–H and O–H groups in total. The molecule has 0 amide bonds. The normalized spacial score (nSPS) is 12.9. The zero-order valence-corrected chi connectivity index (χ0v) is 9.67. The first kappa shape index (κ1) is 10.9. The summed E-state index contributed by atoms with van der Waals surface area (Å²) in [6, 6.07) is 0.171. The molecule has 1 unspecified atom stereocenters. The van der Waals surface area contributed by atoms with Crippen molar-refractivity contribution in [2.45, 2.75) is 25.9 Å². The second-order valence-corrected chi connectivity index (χ2v) is 4.00. The predicted molar refractivity (Wildman–Crippen MR) is 62.7 cm³/mol. The van der Waals surface area contributed by atoms with Crippen LogP contribution in [-0.2, 0) is 13.6 Å². The van der Waals surface area contributed by atoms with Gasteiger partial charge in [0.05, 0.1) is 24.4 Å². The largest absolute Gasteiger partial charge is 0.329 e. The van der Waals surface area contributed by atoms with E-state index in [1.165, 1.54) is 0 Å². The fraction of sp³-hybridized carbons (Fsp3) is 0.455. The van der Waals surface area contributed by atoms with Crippen molar-refractivity contribution in [1.29, 1.82) is 0 Å². The second-order valence-electron chi connectivity index (χ2n) is 4.00. The van der Waals surface area contributed by atoms with E-state index in [1.807, 2.05) is 32.0 Å². The van der Waals surface area contributed by atoms with Gasteiger partial charge in [-0.15, -0.1) is 0 Å². The van der Waals surface area contributed by atoms with Crippen LogP contribution in [0.2, 0.25) is 0 Å². The third kappa shape index (κ3) is 2.14. The molecule has 0 aromatic carbocycles. The maximum Gasteiger partial charge on any atom is 0.0951 e. The first-order valence-electron chi connectivity index (χ1n) is 5.45. The molecule has 0 aliphatic heterocycles. The van der Waals surface area contributed by atoms with Gasteiger partial charge in [0, 0.05) is 31.4 Å². The highest BCUT2D eigenvalue weighted by Crippen LogP contribution is 2.17. The molecule has 0 bridgehead atoms. The van der Waals surface area contributed by atoms with E-state index in [4.69, 9.17) is 5.73 Å². The summed E-state index contributed by atoms with van der Waals surface area (Å²) in [4.78, 5) is 4.17. The van der Waals surface area contributed by atoms with Gasteiger partial charge < -0.3 is 10.3 Å². The van der Waals surface area contributed by atoms with Crippen LogP contribution in [0.3, 0.4) is 0 Å². The summed E-state index contributed by atoms with van der Waals surface area (Å²) in [5.41, 5.74) is 8.09. The van der Waals surface area contributed by atoms with Gasteiger partial charge in [0.2, 0.25) is 0 Å². The number of aryl methyl sites for hydroxylation is 1. The Labute approximate surface area is 94.9 Å². The van der Waals surface area contributed by atoms with Gasteiger partial charge in [-0.2, -0.15) is 5.10 Å². The molecule has 16 heavy (non-hydrogen) atoms. The molecule has 0 aliphatic rings. The Morgan fingerprint density at radius 3 is 2.88 bits per heavy atom. The maximum atomic E-state index is 5.95. The number of hydrogen-bond acceptors (Lipinski definition) is 3. The third-order valence-electron chi connectivity index (χ3n) is 2.67. The second kappa shape index (κ2) is 4.49. The number of imidazole rings is 1. The van der Waals surface area contributed by atoms with Crippen molar-refractivity contribution in [2.24, 2.45) is 12.8 Å². The monoisotopic (exact) mass is 219 g/mol. The van der Waals surface area contributed by atoms with Gasteiger partial charge in [0.25, 0.3) is 0 Å². The predicted octanol–water partition coefficient (Wildman–Crippen LogP) is 1.02. The van der Waals surface area contributed by atoms with Gasteiger partial charge in [-0.3, -0.25) is 4.68 Å². The Bertz CT molecular complexity index is 456. The van der Waals surface area contributed by atoms with Gasteiger partial charge in [-0.25, -0.2) is 4.98 Å². The Balaban J connectivity index is 2.25. The van der Waals surface area contributed by atoms with Gasteiger partial charge in [-0.05, 0) is 6.42 Å². The van der Waals surface area contributed by atoms with Crippen LogP contribution in [-0.4, -0.2) is 25.4 Å². The van der Waals surface area contributed by atoms with Crippen LogP contribution in [0.15, 0.2) is 24.9 Å². The highest BCUT2D eigenvalue weighted by atomic mass is 15.2. The smallest absolute Gasteiger partial charge is 0.0951 e. The van der Waals surface area contributed by atoms with E-state index in [1.54, 1.807) is 4.68 Å². The molecule has 2 aromatic rings. The van der Waals surface area contributed by atoms with Gasteiger partial charge in [0.1, 0.15) is 0 Å². The summed E-state index contributed by atoms with van der Waals surface area (Å²) in [7, 11) is 1.90. The molecule has 0 radical (unpaired) electrons. The molecule has 2 rings (SSSR count).